The van der Waals surface area contributed by atoms with Gasteiger partial charge in [0.25, 0.3) is 5.91 Å². The van der Waals surface area contributed by atoms with Crippen molar-refractivity contribution in [2.24, 2.45) is 0 Å². The van der Waals surface area contributed by atoms with Crippen molar-refractivity contribution in [1.29, 1.82) is 0 Å². The zero-order valence-electron chi connectivity index (χ0n) is 14.2. The molecule has 134 valence electrons. The molecule has 0 fully saturated rings. The molecule has 0 atom stereocenters. The van der Waals surface area contributed by atoms with E-state index in [9.17, 15) is 13.2 Å². The molecule has 2 aromatic rings. The van der Waals surface area contributed by atoms with Gasteiger partial charge in [-0.3, -0.25) is 9.52 Å². The summed E-state index contributed by atoms with van der Waals surface area (Å²) in [6, 6.07) is 8.80. The molecule has 0 radical (unpaired) electrons. The van der Waals surface area contributed by atoms with Gasteiger partial charge in [-0.25, -0.2) is 8.42 Å². The van der Waals surface area contributed by atoms with Crippen LogP contribution in [-0.2, 0) is 22.9 Å². The molecule has 0 bridgehead atoms. The van der Waals surface area contributed by atoms with Crippen LogP contribution in [-0.4, -0.2) is 20.6 Å². The van der Waals surface area contributed by atoms with E-state index in [1.165, 1.54) is 36.1 Å². The Morgan fingerprint density at radius 1 is 1.04 bits per heavy atom. The Morgan fingerprint density at radius 3 is 2.44 bits per heavy atom. The van der Waals surface area contributed by atoms with Crippen LogP contribution in [0.5, 0.6) is 0 Å². The molecular weight excluding hydrogens is 356 g/mol. The normalized spacial score (nSPS) is 14.9. The largest absolute Gasteiger partial charge is 0.319 e. The molecule has 0 aliphatic heterocycles. The maximum Gasteiger partial charge on any atom is 0.265 e. The highest BCUT2D eigenvalue weighted by Gasteiger charge is 2.17. The van der Waals surface area contributed by atoms with Crippen LogP contribution in [0.2, 0.25) is 0 Å². The Bertz CT molecular complexity index is 847. The first-order chi connectivity index (χ1) is 11.9. The first-order valence-electron chi connectivity index (χ1n) is 8.42. The van der Waals surface area contributed by atoms with Crippen LogP contribution < -0.4 is 10.0 Å². The number of sulfonamides is 1. The molecule has 0 spiro atoms. The fourth-order valence-corrected chi connectivity index (χ4v) is 4.75. The van der Waals surface area contributed by atoms with Gasteiger partial charge in [0.1, 0.15) is 0 Å². The third kappa shape index (κ3) is 4.83. The number of hydrogen-bond acceptors (Lipinski definition) is 4. The highest BCUT2D eigenvalue weighted by molar-refractivity contribution is 7.92. The van der Waals surface area contributed by atoms with E-state index >= 15 is 0 Å². The van der Waals surface area contributed by atoms with Crippen LogP contribution in [0.3, 0.4) is 0 Å². The summed E-state index contributed by atoms with van der Waals surface area (Å²) in [5.74, 6) is -0.195. The molecule has 1 amide bonds. The number of hydrogen-bond donors (Lipinski definition) is 2. The van der Waals surface area contributed by atoms with E-state index in [2.05, 4.69) is 10.0 Å². The van der Waals surface area contributed by atoms with Crippen LogP contribution in [0.4, 0.5) is 11.4 Å². The molecule has 1 aliphatic rings. The van der Waals surface area contributed by atoms with Crippen LogP contribution in [0.1, 0.15) is 45.8 Å². The molecule has 1 aromatic carbocycles. The Hall–Kier alpha value is -1.86. The fourth-order valence-electron chi connectivity index (χ4n) is 3.02. The average molecular weight is 379 g/mol. The molecule has 0 unspecified atom stereocenters. The number of thiophene rings is 1. The summed E-state index contributed by atoms with van der Waals surface area (Å²) in [4.78, 5) is 14.6. The molecule has 3 rings (SSSR count). The maximum atomic E-state index is 12.6. The Morgan fingerprint density at radius 2 is 1.72 bits per heavy atom. The SMILES string of the molecule is CS(=O)(=O)Nc1ccccc1NC(=O)c1cc2c(s1)CCCCCC2. The number of rotatable bonds is 4. The minimum Gasteiger partial charge on any atom is -0.319 e. The number of benzene rings is 1. The van der Waals surface area contributed by atoms with Gasteiger partial charge in [-0.05, 0) is 49.4 Å². The quantitative estimate of drug-likeness (QED) is 0.843. The van der Waals surface area contributed by atoms with Crippen molar-refractivity contribution in [1.82, 2.24) is 0 Å². The molecule has 2 N–H and O–H groups in total. The summed E-state index contributed by atoms with van der Waals surface area (Å²) in [6.07, 6.45) is 8.02. The third-order valence-electron chi connectivity index (χ3n) is 4.19. The van der Waals surface area contributed by atoms with E-state index in [1.54, 1.807) is 35.6 Å². The molecular formula is C18H22N2O3S2. The second-order valence-electron chi connectivity index (χ2n) is 6.35. The number of anilines is 2. The molecule has 1 heterocycles. The minimum absolute atomic E-state index is 0.195. The molecule has 5 nitrogen and oxygen atoms in total. The number of nitrogens with one attached hydrogen (secondary N) is 2. The van der Waals surface area contributed by atoms with E-state index in [-0.39, 0.29) is 5.91 Å². The second kappa shape index (κ2) is 7.58. The van der Waals surface area contributed by atoms with Gasteiger partial charge in [-0.15, -0.1) is 11.3 Å². The van der Waals surface area contributed by atoms with E-state index in [4.69, 9.17) is 0 Å². The first kappa shape index (κ1) is 17.9. The fraction of sp³-hybridized carbons (Fsp3) is 0.389. The molecule has 1 aliphatic carbocycles. The van der Waals surface area contributed by atoms with Crippen molar-refractivity contribution >= 4 is 38.6 Å². The van der Waals surface area contributed by atoms with Gasteiger partial charge in [-0.2, -0.15) is 0 Å². The average Bonchev–Trinajstić information content (AvgIpc) is 2.90. The Balaban J connectivity index is 1.80. The summed E-state index contributed by atoms with van der Waals surface area (Å²) >= 11 is 1.55. The summed E-state index contributed by atoms with van der Waals surface area (Å²) < 4.78 is 25.4. The van der Waals surface area contributed by atoms with E-state index in [0.29, 0.717) is 16.3 Å². The maximum absolute atomic E-state index is 12.6. The smallest absolute Gasteiger partial charge is 0.265 e. The van der Waals surface area contributed by atoms with Crippen molar-refractivity contribution in [3.8, 4) is 0 Å². The predicted molar refractivity (Wildman–Crippen MR) is 103 cm³/mol. The number of fused-ring (bicyclic) bond motifs is 1. The lowest BCUT2D eigenvalue weighted by Crippen LogP contribution is -2.15. The number of amides is 1. The van der Waals surface area contributed by atoms with Crippen LogP contribution in [0.25, 0.3) is 0 Å². The lowest BCUT2D eigenvalue weighted by Gasteiger charge is -2.11. The molecule has 25 heavy (non-hydrogen) atoms. The van der Waals surface area contributed by atoms with Gasteiger partial charge in [0.15, 0.2) is 0 Å². The summed E-state index contributed by atoms with van der Waals surface area (Å²) in [6.45, 7) is 0. The van der Waals surface area contributed by atoms with Crippen molar-refractivity contribution in [2.45, 2.75) is 38.5 Å². The van der Waals surface area contributed by atoms with Crippen molar-refractivity contribution in [2.75, 3.05) is 16.3 Å². The molecule has 0 saturated carbocycles. The number of carbonyl (C=O) groups excluding carboxylic acids is 1. The van der Waals surface area contributed by atoms with Gasteiger partial charge in [0.2, 0.25) is 10.0 Å². The topological polar surface area (TPSA) is 75.3 Å². The number of para-hydroxylation sites is 2. The van der Waals surface area contributed by atoms with Crippen molar-refractivity contribution < 1.29 is 13.2 Å². The van der Waals surface area contributed by atoms with Crippen LogP contribution in [0.15, 0.2) is 30.3 Å². The summed E-state index contributed by atoms with van der Waals surface area (Å²) in [5, 5.41) is 2.83. The van der Waals surface area contributed by atoms with Gasteiger partial charge < -0.3 is 5.32 Å². The zero-order chi connectivity index (χ0) is 17.9. The summed E-state index contributed by atoms with van der Waals surface area (Å²) in [7, 11) is -3.41. The lowest BCUT2D eigenvalue weighted by atomic mass is 10.00. The highest BCUT2D eigenvalue weighted by atomic mass is 32.2. The van der Waals surface area contributed by atoms with Gasteiger partial charge >= 0.3 is 0 Å². The van der Waals surface area contributed by atoms with E-state index < -0.39 is 10.0 Å². The standard InChI is InChI=1S/C18H22N2O3S2/c1-25(22,23)20-15-10-7-6-9-14(15)19-18(21)17-12-13-8-4-2-3-5-11-16(13)24-17/h6-7,9-10,12,20H,2-5,8,11H2,1H3,(H,19,21). The van der Waals surface area contributed by atoms with Crippen LogP contribution in [0, 0.1) is 0 Å². The number of carbonyl (C=O) groups is 1. The van der Waals surface area contributed by atoms with Crippen molar-refractivity contribution in [3.63, 3.8) is 0 Å². The third-order valence-corrected chi connectivity index (χ3v) is 6.02. The Labute approximate surface area is 152 Å². The zero-order valence-corrected chi connectivity index (χ0v) is 15.8. The summed E-state index contributed by atoms with van der Waals surface area (Å²) in [5.41, 5.74) is 2.12. The van der Waals surface area contributed by atoms with E-state index in [0.717, 1.165) is 19.1 Å². The predicted octanol–water partition coefficient (Wildman–Crippen LogP) is 4.03. The molecule has 1 aromatic heterocycles. The van der Waals surface area contributed by atoms with Crippen LogP contribution >= 0.6 is 11.3 Å². The first-order valence-corrected chi connectivity index (χ1v) is 11.1. The Kier molecular flexibility index (Phi) is 5.44. The second-order valence-corrected chi connectivity index (χ2v) is 9.23. The van der Waals surface area contributed by atoms with E-state index in [1.807, 2.05) is 6.07 Å². The van der Waals surface area contributed by atoms with Gasteiger partial charge in [-0.1, -0.05) is 25.0 Å². The van der Waals surface area contributed by atoms with Gasteiger partial charge in [0.05, 0.1) is 22.5 Å². The highest BCUT2D eigenvalue weighted by Crippen LogP contribution is 2.30. The minimum atomic E-state index is -3.41. The molecule has 0 saturated heterocycles. The van der Waals surface area contributed by atoms with Crippen molar-refractivity contribution in [3.05, 3.63) is 45.6 Å². The van der Waals surface area contributed by atoms with Gasteiger partial charge in [0, 0.05) is 4.88 Å². The molecule has 7 heteroatoms. The lowest BCUT2D eigenvalue weighted by molar-refractivity contribution is 0.103. The number of aryl methyl sites for hydroxylation is 2. The monoisotopic (exact) mass is 378 g/mol.